The standard InChI is InChI=1S/C22H24N4O2/c27-15-16-6-9-26(10-7-16)14-17-3-1-4-18(11-17)22-24-20(12-21(28)25-22)19-5-2-8-23-13-19/h1-5,8,11-13,16,27H,6-7,9-10,14-15H2,(H,24,25,28). The van der Waals surface area contributed by atoms with E-state index in [2.05, 4.69) is 32.0 Å². The van der Waals surface area contributed by atoms with Crippen LogP contribution in [-0.4, -0.2) is 44.7 Å². The smallest absolute Gasteiger partial charge is 0.251 e. The van der Waals surface area contributed by atoms with Gasteiger partial charge in [-0.2, -0.15) is 0 Å². The minimum absolute atomic E-state index is 0.180. The van der Waals surface area contributed by atoms with Crippen molar-refractivity contribution >= 4 is 0 Å². The van der Waals surface area contributed by atoms with E-state index in [9.17, 15) is 9.90 Å². The highest BCUT2D eigenvalue weighted by Gasteiger charge is 2.18. The molecule has 1 aromatic carbocycles. The maximum absolute atomic E-state index is 12.2. The van der Waals surface area contributed by atoms with Crippen molar-refractivity contribution in [2.24, 2.45) is 5.92 Å². The van der Waals surface area contributed by atoms with Crippen LogP contribution in [0.2, 0.25) is 0 Å². The van der Waals surface area contributed by atoms with Gasteiger partial charge in [-0.25, -0.2) is 4.98 Å². The van der Waals surface area contributed by atoms with E-state index in [4.69, 9.17) is 0 Å². The van der Waals surface area contributed by atoms with Gasteiger partial charge in [0.05, 0.1) is 5.69 Å². The minimum atomic E-state index is -0.180. The van der Waals surface area contributed by atoms with E-state index in [1.807, 2.05) is 24.3 Å². The average Bonchev–Trinajstić information content (AvgIpc) is 2.75. The van der Waals surface area contributed by atoms with Crippen LogP contribution in [0.3, 0.4) is 0 Å². The van der Waals surface area contributed by atoms with Crippen LogP contribution in [0.25, 0.3) is 22.6 Å². The third-order valence-corrected chi connectivity index (χ3v) is 5.27. The Morgan fingerprint density at radius 2 is 1.93 bits per heavy atom. The number of likely N-dealkylation sites (tertiary alicyclic amines) is 1. The normalized spacial score (nSPS) is 15.6. The third-order valence-electron chi connectivity index (χ3n) is 5.27. The summed E-state index contributed by atoms with van der Waals surface area (Å²) in [5.74, 6) is 0.999. The zero-order chi connectivity index (χ0) is 19.3. The first-order valence-electron chi connectivity index (χ1n) is 9.65. The zero-order valence-electron chi connectivity index (χ0n) is 15.7. The van der Waals surface area contributed by atoms with Crippen LogP contribution in [0.15, 0.2) is 59.7 Å². The highest BCUT2D eigenvalue weighted by Crippen LogP contribution is 2.22. The van der Waals surface area contributed by atoms with E-state index in [0.29, 0.717) is 17.4 Å². The number of aliphatic hydroxyl groups is 1. The van der Waals surface area contributed by atoms with Crippen LogP contribution in [0.1, 0.15) is 18.4 Å². The number of pyridine rings is 1. The number of piperidine rings is 1. The van der Waals surface area contributed by atoms with E-state index >= 15 is 0 Å². The number of hydrogen-bond donors (Lipinski definition) is 2. The molecule has 3 heterocycles. The molecule has 1 saturated heterocycles. The first-order valence-corrected chi connectivity index (χ1v) is 9.65. The van der Waals surface area contributed by atoms with Crippen LogP contribution >= 0.6 is 0 Å². The monoisotopic (exact) mass is 376 g/mol. The van der Waals surface area contributed by atoms with E-state index in [0.717, 1.165) is 43.6 Å². The lowest BCUT2D eigenvalue weighted by molar-refractivity contribution is 0.127. The van der Waals surface area contributed by atoms with Crippen LogP contribution in [0, 0.1) is 5.92 Å². The Balaban J connectivity index is 1.56. The molecule has 2 aromatic heterocycles. The zero-order valence-corrected chi connectivity index (χ0v) is 15.7. The number of benzene rings is 1. The van der Waals surface area contributed by atoms with Crippen molar-refractivity contribution in [3.8, 4) is 22.6 Å². The van der Waals surface area contributed by atoms with E-state index in [-0.39, 0.29) is 12.2 Å². The van der Waals surface area contributed by atoms with Crippen molar-refractivity contribution in [3.63, 3.8) is 0 Å². The van der Waals surface area contributed by atoms with Gasteiger partial charge < -0.3 is 10.1 Å². The quantitative estimate of drug-likeness (QED) is 0.715. The summed E-state index contributed by atoms with van der Waals surface area (Å²) in [5.41, 5.74) is 3.33. The van der Waals surface area contributed by atoms with Gasteiger partial charge in [0, 0.05) is 42.7 Å². The largest absolute Gasteiger partial charge is 0.396 e. The first kappa shape index (κ1) is 18.5. The van der Waals surface area contributed by atoms with Crippen LogP contribution in [-0.2, 0) is 6.54 Å². The predicted octanol–water partition coefficient (Wildman–Crippen LogP) is 2.70. The molecule has 28 heavy (non-hydrogen) atoms. The van der Waals surface area contributed by atoms with E-state index in [1.165, 1.54) is 11.6 Å². The predicted molar refractivity (Wildman–Crippen MR) is 109 cm³/mol. The molecular weight excluding hydrogens is 352 g/mol. The molecule has 1 aliphatic rings. The number of rotatable bonds is 5. The van der Waals surface area contributed by atoms with Gasteiger partial charge in [-0.05, 0) is 55.6 Å². The molecule has 0 unspecified atom stereocenters. The summed E-state index contributed by atoms with van der Waals surface area (Å²) >= 11 is 0. The number of hydrogen-bond acceptors (Lipinski definition) is 5. The average molecular weight is 376 g/mol. The Morgan fingerprint density at radius 3 is 2.68 bits per heavy atom. The molecule has 6 heteroatoms. The second kappa shape index (κ2) is 8.46. The molecule has 2 N–H and O–H groups in total. The van der Waals surface area contributed by atoms with Gasteiger partial charge in [0.25, 0.3) is 5.56 Å². The lowest BCUT2D eigenvalue weighted by Gasteiger charge is -2.31. The van der Waals surface area contributed by atoms with Gasteiger partial charge in [-0.1, -0.05) is 18.2 Å². The topological polar surface area (TPSA) is 82.1 Å². The Morgan fingerprint density at radius 1 is 1.11 bits per heavy atom. The van der Waals surface area contributed by atoms with Crippen molar-refractivity contribution in [3.05, 3.63) is 70.8 Å². The molecule has 3 aromatic rings. The molecule has 0 amide bonds. The fourth-order valence-corrected chi connectivity index (χ4v) is 3.66. The number of aromatic nitrogens is 3. The van der Waals surface area contributed by atoms with E-state index < -0.39 is 0 Å². The molecule has 1 fully saturated rings. The van der Waals surface area contributed by atoms with Gasteiger partial charge in [0.15, 0.2) is 0 Å². The number of nitrogens with one attached hydrogen (secondary N) is 1. The molecule has 0 bridgehead atoms. The van der Waals surface area contributed by atoms with Gasteiger partial charge >= 0.3 is 0 Å². The second-order valence-electron chi connectivity index (χ2n) is 7.32. The molecule has 0 spiro atoms. The summed E-state index contributed by atoms with van der Waals surface area (Å²) < 4.78 is 0. The molecular formula is C22H24N4O2. The second-order valence-corrected chi connectivity index (χ2v) is 7.32. The Labute approximate surface area is 163 Å². The molecule has 0 saturated carbocycles. The highest BCUT2D eigenvalue weighted by molar-refractivity contribution is 5.63. The Hall–Kier alpha value is -2.83. The van der Waals surface area contributed by atoms with E-state index in [1.54, 1.807) is 12.4 Å². The number of H-pyrrole nitrogens is 1. The molecule has 6 nitrogen and oxygen atoms in total. The SMILES string of the molecule is O=c1cc(-c2cccnc2)nc(-c2cccc(CN3CCC(CO)CC3)c2)[nH]1. The van der Waals surface area contributed by atoms with Crippen molar-refractivity contribution < 1.29 is 5.11 Å². The molecule has 1 aliphatic heterocycles. The summed E-state index contributed by atoms with van der Waals surface area (Å²) in [4.78, 5) is 26.2. The van der Waals surface area contributed by atoms with Gasteiger partial charge in [-0.3, -0.25) is 14.7 Å². The summed E-state index contributed by atoms with van der Waals surface area (Å²) in [6.45, 7) is 3.15. The molecule has 0 atom stereocenters. The summed E-state index contributed by atoms with van der Waals surface area (Å²) in [6.07, 6.45) is 5.48. The number of nitrogens with zero attached hydrogens (tertiary/aromatic N) is 3. The lowest BCUT2D eigenvalue weighted by Crippen LogP contribution is -2.34. The number of aromatic amines is 1. The van der Waals surface area contributed by atoms with Crippen molar-refractivity contribution in [1.82, 2.24) is 19.9 Å². The van der Waals surface area contributed by atoms with Gasteiger partial charge in [0.2, 0.25) is 0 Å². The Kier molecular flexibility index (Phi) is 5.60. The highest BCUT2D eigenvalue weighted by atomic mass is 16.3. The molecule has 0 radical (unpaired) electrons. The van der Waals surface area contributed by atoms with Crippen molar-refractivity contribution in [2.75, 3.05) is 19.7 Å². The van der Waals surface area contributed by atoms with Crippen LogP contribution in [0.5, 0.6) is 0 Å². The maximum atomic E-state index is 12.2. The first-order chi connectivity index (χ1) is 13.7. The fraction of sp³-hybridized carbons (Fsp3) is 0.318. The van der Waals surface area contributed by atoms with Gasteiger partial charge in [-0.15, -0.1) is 0 Å². The maximum Gasteiger partial charge on any atom is 0.251 e. The minimum Gasteiger partial charge on any atom is -0.396 e. The van der Waals surface area contributed by atoms with Crippen molar-refractivity contribution in [2.45, 2.75) is 19.4 Å². The summed E-state index contributed by atoms with van der Waals surface area (Å²) in [5, 5.41) is 9.30. The van der Waals surface area contributed by atoms with Crippen molar-refractivity contribution in [1.29, 1.82) is 0 Å². The molecule has 144 valence electrons. The molecule has 4 rings (SSSR count). The molecule has 0 aliphatic carbocycles. The number of aliphatic hydroxyl groups excluding tert-OH is 1. The summed E-state index contributed by atoms with van der Waals surface area (Å²) in [6, 6.07) is 13.4. The third kappa shape index (κ3) is 4.35. The van der Waals surface area contributed by atoms with Crippen LogP contribution < -0.4 is 5.56 Å². The lowest BCUT2D eigenvalue weighted by atomic mass is 9.97. The van der Waals surface area contributed by atoms with Gasteiger partial charge in [0.1, 0.15) is 5.82 Å². The Bertz CT molecular complexity index is 979. The summed E-state index contributed by atoms with van der Waals surface area (Å²) in [7, 11) is 0. The van der Waals surface area contributed by atoms with Crippen LogP contribution in [0.4, 0.5) is 0 Å². The fourth-order valence-electron chi connectivity index (χ4n) is 3.66.